The smallest absolute Gasteiger partial charge is 0.255 e. The van der Waals surface area contributed by atoms with Crippen LogP contribution in [0, 0.1) is 9.39 Å². The number of benzene rings is 1. The zero-order chi connectivity index (χ0) is 11.5. The number of hydrogen-bond acceptors (Lipinski definition) is 2. The molecule has 1 atom stereocenters. The summed E-state index contributed by atoms with van der Waals surface area (Å²) >= 11 is 1.97. The molecule has 0 bridgehead atoms. The van der Waals surface area contributed by atoms with Crippen LogP contribution >= 0.6 is 35.0 Å². The van der Waals surface area contributed by atoms with E-state index in [1.165, 1.54) is 6.07 Å². The number of amides is 1. The number of carbonyl (C=O) groups is 1. The molecule has 1 amide bonds. The Morgan fingerprint density at radius 3 is 2.88 bits per heavy atom. The molecule has 1 aliphatic rings. The van der Waals surface area contributed by atoms with Crippen molar-refractivity contribution < 1.29 is 9.18 Å². The number of halogens is 3. The third kappa shape index (κ3) is 3.53. The van der Waals surface area contributed by atoms with Crippen LogP contribution < -0.4 is 10.6 Å². The van der Waals surface area contributed by atoms with Gasteiger partial charge >= 0.3 is 0 Å². The summed E-state index contributed by atoms with van der Waals surface area (Å²) < 4.78 is 14.1. The summed E-state index contributed by atoms with van der Waals surface area (Å²) in [5.74, 6) is -0.786. The molecule has 1 fully saturated rings. The molecule has 1 aromatic carbocycles. The van der Waals surface area contributed by atoms with E-state index >= 15 is 0 Å². The lowest BCUT2D eigenvalue weighted by Crippen LogP contribution is -2.37. The molecule has 0 spiro atoms. The maximum atomic E-state index is 13.5. The average Bonchev–Trinajstić information content (AvgIpc) is 2.70. The monoisotopic (exact) mass is 370 g/mol. The van der Waals surface area contributed by atoms with Gasteiger partial charge in [0.25, 0.3) is 5.91 Å². The Hall–Kier alpha value is -0.400. The Kier molecular flexibility index (Phi) is 5.61. The standard InChI is InChI=1S/C11H12FIN2O.ClH/c12-8-2-1-3-9(13)10(8)11(16)15-7-4-5-14-6-7;/h1-3,7,14H,4-6H2,(H,15,16);1H. The molecule has 0 aromatic heterocycles. The van der Waals surface area contributed by atoms with Crippen molar-refractivity contribution in [3.63, 3.8) is 0 Å². The quantitative estimate of drug-likeness (QED) is 0.781. The van der Waals surface area contributed by atoms with Crippen molar-refractivity contribution in [1.29, 1.82) is 0 Å². The summed E-state index contributed by atoms with van der Waals surface area (Å²) in [5, 5.41) is 5.98. The Balaban J connectivity index is 0.00000144. The first kappa shape index (κ1) is 14.7. The van der Waals surface area contributed by atoms with Crippen molar-refractivity contribution >= 4 is 40.9 Å². The van der Waals surface area contributed by atoms with Crippen molar-refractivity contribution in [2.24, 2.45) is 0 Å². The molecule has 1 aliphatic heterocycles. The first-order valence-electron chi connectivity index (χ1n) is 5.14. The van der Waals surface area contributed by atoms with Crippen molar-refractivity contribution in [2.45, 2.75) is 12.5 Å². The molecule has 1 unspecified atom stereocenters. The molecule has 17 heavy (non-hydrogen) atoms. The lowest BCUT2D eigenvalue weighted by molar-refractivity contribution is 0.0935. The summed E-state index contributed by atoms with van der Waals surface area (Å²) in [6.45, 7) is 1.66. The molecule has 0 aliphatic carbocycles. The molecule has 2 N–H and O–H groups in total. The second-order valence-corrected chi connectivity index (χ2v) is 4.92. The Labute approximate surface area is 119 Å². The topological polar surface area (TPSA) is 41.1 Å². The van der Waals surface area contributed by atoms with Gasteiger partial charge in [-0.15, -0.1) is 12.4 Å². The van der Waals surface area contributed by atoms with E-state index in [4.69, 9.17) is 0 Å². The van der Waals surface area contributed by atoms with Gasteiger partial charge in [0.2, 0.25) is 0 Å². The van der Waals surface area contributed by atoms with Gasteiger partial charge in [-0.05, 0) is 47.7 Å². The van der Waals surface area contributed by atoms with Gasteiger partial charge in [0, 0.05) is 16.2 Å². The van der Waals surface area contributed by atoms with Crippen LogP contribution in [-0.2, 0) is 0 Å². The number of carbonyl (C=O) groups excluding carboxylic acids is 1. The molecule has 94 valence electrons. The Morgan fingerprint density at radius 1 is 1.53 bits per heavy atom. The van der Waals surface area contributed by atoms with Gasteiger partial charge < -0.3 is 10.6 Å². The van der Waals surface area contributed by atoms with Gasteiger partial charge in [-0.2, -0.15) is 0 Å². The van der Waals surface area contributed by atoms with Gasteiger partial charge in [0.05, 0.1) is 5.56 Å². The van der Waals surface area contributed by atoms with Crippen LogP contribution in [-0.4, -0.2) is 25.0 Å². The van der Waals surface area contributed by atoms with Crippen LogP contribution in [0.3, 0.4) is 0 Å². The molecule has 3 nitrogen and oxygen atoms in total. The van der Waals surface area contributed by atoms with Crippen molar-refractivity contribution in [3.8, 4) is 0 Å². The molecule has 1 heterocycles. The maximum absolute atomic E-state index is 13.5. The lowest BCUT2D eigenvalue weighted by atomic mass is 10.1. The highest BCUT2D eigenvalue weighted by Crippen LogP contribution is 2.16. The zero-order valence-electron chi connectivity index (χ0n) is 9.00. The van der Waals surface area contributed by atoms with Crippen LogP contribution in [0.15, 0.2) is 18.2 Å². The second kappa shape index (κ2) is 6.51. The van der Waals surface area contributed by atoms with Gasteiger partial charge in [0.15, 0.2) is 0 Å². The van der Waals surface area contributed by atoms with Crippen LogP contribution in [0.2, 0.25) is 0 Å². The molecule has 6 heteroatoms. The third-order valence-corrected chi connectivity index (χ3v) is 3.48. The van der Waals surface area contributed by atoms with E-state index in [2.05, 4.69) is 10.6 Å². The van der Waals surface area contributed by atoms with Gasteiger partial charge in [-0.25, -0.2) is 4.39 Å². The highest BCUT2D eigenvalue weighted by atomic mass is 127. The summed E-state index contributed by atoms with van der Waals surface area (Å²) in [5.41, 5.74) is 0.148. The summed E-state index contributed by atoms with van der Waals surface area (Å²) in [6.07, 6.45) is 0.900. The van der Waals surface area contributed by atoms with E-state index in [-0.39, 0.29) is 29.9 Å². The molecule has 0 radical (unpaired) electrons. The minimum absolute atomic E-state index is 0. The summed E-state index contributed by atoms with van der Waals surface area (Å²) in [7, 11) is 0. The minimum Gasteiger partial charge on any atom is -0.348 e. The van der Waals surface area contributed by atoms with Gasteiger partial charge in [-0.3, -0.25) is 4.79 Å². The predicted octanol–water partition coefficient (Wildman–Crippen LogP) is 1.94. The van der Waals surface area contributed by atoms with Gasteiger partial charge in [-0.1, -0.05) is 6.07 Å². The van der Waals surface area contributed by atoms with E-state index in [1.807, 2.05) is 22.6 Å². The van der Waals surface area contributed by atoms with E-state index in [9.17, 15) is 9.18 Å². The predicted molar refractivity (Wildman–Crippen MR) is 75.1 cm³/mol. The molecule has 1 aromatic rings. The highest BCUT2D eigenvalue weighted by molar-refractivity contribution is 14.1. The molecular formula is C11H13ClFIN2O. The Morgan fingerprint density at radius 2 is 2.29 bits per heavy atom. The fraction of sp³-hybridized carbons (Fsp3) is 0.364. The SMILES string of the molecule is Cl.O=C(NC1CCNC1)c1c(F)cccc1I. The zero-order valence-corrected chi connectivity index (χ0v) is 12.0. The first-order valence-corrected chi connectivity index (χ1v) is 6.22. The average molecular weight is 371 g/mol. The largest absolute Gasteiger partial charge is 0.348 e. The van der Waals surface area contributed by atoms with E-state index < -0.39 is 5.82 Å². The number of nitrogens with one attached hydrogen (secondary N) is 2. The Bertz CT molecular complexity index is 390. The number of rotatable bonds is 2. The molecule has 2 rings (SSSR count). The maximum Gasteiger partial charge on any atom is 0.255 e. The van der Waals surface area contributed by atoms with Crippen LogP contribution in [0.4, 0.5) is 4.39 Å². The fourth-order valence-corrected chi connectivity index (χ4v) is 2.46. The van der Waals surface area contributed by atoms with Crippen LogP contribution in [0.25, 0.3) is 0 Å². The van der Waals surface area contributed by atoms with E-state index in [0.717, 1.165) is 19.5 Å². The fourth-order valence-electron chi connectivity index (χ4n) is 1.75. The van der Waals surface area contributed by atoms with Crippen molar-refractivity contribution in [1.82, 2.24) is 10.6 Å². The normalized spacial score (nSPS) is 18.6. The summed E-state index contributed by atoms with van der Waals surface area (Å²) in [4.78, 5) is 11.9. The summed E-state index contributed by atoms with van der Waals surface area (Å²) in [6, 6.07) is 4.75. The molecular weight excluding hydrogens is 357 g/mol. The molecule has 1 saturated heterocycles. The third-order valence-electron chi connectivity index (χ3n) is 2.59. The van der Waals surface area contributed by atoms with Gasteiger partial charge in [0.1, 0.15) is 5.82 Å². The van der Waals surface area contributed by atoms with Crippen LogP contribution in [0.5, 0.6) is 0 Å². The van der Waals surface area contributed by atoms with E-state index in [1.54, 1.807) is 12.1 Å². The molecule has 0 saturated carbocycles. The van der Waals surface area contributed by atoms with Crippen molar-refractivity contribution in [3.05, 3.63) is 33.1 Å². The van der Waals surface area contributed by atoms with E-state index in [0.29, 0.717) is 3.57 Å². The number of hydrogen-bond donors (Lipinski definition) is 2. The van der Waals surface area contributed by atoms with Crippen LogP contribution in [0.1, 0.15) is 16.8 Å². The second-order valence-electron chi connectivity index (χ2n) is 3.76. The van der Waals surface area contributed by atoms with Crippen molar-refractivity contribution in [2.75, 3.05) is 13.1 Å². The first-order chi connectivity index (χ1) is 7.68. The highest BCUT2D eigenvalue weighted by Gasteiger charge is 2.21. The minimum atomic E-state index is -0.463. The lowest BCUT2D eigenvalue weighted by Gasteiger charge is -2.12.